The van der Waals surface area contributed by atoms with Crippen LogP contribution in [0.5, 0.6) is 0 Å². The first-order valence-electron chi connectivity index (χ1n) is 6.47. The van der Waals surface area contributed by atoms with E-state index in [2.05, 4.69) is 15.3 Å². The maximum Gasteiger partial charge on any atom is 0.182 e. The molecule has 0 aromatic carbocycles. The maximum atomic E-state index is 11.6. The smallest absolute Gasteiger partial charge is 0.182 e. The molecule has 1 aliphatic heterocycles. The molecular formula is C11H15N5O2S. The molecule has 0 amide bonds. The molecule has 0 bridgehead atoms. The van der Waals surface area contributed by atoms with Gasteiger partial charge in [-0.25, -0.2) is 13.1 Å². The van der Waals surface area contributed by atoms with Gasteiger partial charge in [-0.1, -0.05) is 0 Å². The van der Waals surface area contributed by atoms with E-state index in [1.165, 1.54) is 0 Å². The van der Waals surface area contributed by atoms with Gasteiger partial charge in [0.05, 0.1) is 28.6 Å². The number of nitrogens with one attached hydrogen (secondary N) is 1. The van der Waals surface area contributed by atoms with Crippen molar-refractivity contribution in [1.29, 1.82) is 0 Å². The summed E-state index contributed by atoms with van der Waals surface area (Å²) in [6.45, 7) is 0. The van der Waals surface area contributed by atoms with Gasteiger partial charge in [-0.2, -0.15) is 10.2 Å². The molecule has 19 heavy (non-hydrogen) atoms. The van der Waals surface area contributed by atoms with Crippen LogP contribution in [0.15, 0.2) is 0 Å². The minimum absolute atomic E-state index is 0.109. The van der Waals surface area contributed by atoms with Gasteiger partial charge in [0.1, 0.15) is 5.82 Å². The Balaban J connectivity index is 1.86. The van der Waals surface area contributed by atoms with E-state index in [4.69, 9.17) is 5.73 Å². The SMILES string of the molecule is Nc1[nH]nc2c1c(C1CC1)nn2C1CCS(=O)(=O)C1. The normalized spacial score (nSPS) is 26.2. The molecule has 1 unspecified atom stereocenters. The van der Waals surface area contributed by atoms with Crippen molar-refractivity contribution < 1.29 is 8.42 Å². The Hall–Kier alpha value is -1.57. The van der Waals surface area contributed by atoms with Crippen LogP contribution in [0, 0.1) is 0 Å². The Morgan fingerprint density at radius 2 is 2.11 bits per heavy atom. The molecule has 4 rings (SSSR count). The van der Waals surface area contributed by atoms with Crippen molar-refractivity contribution in [2.45, 2.75) is 31.2 Å². The minimum atomic E-state index is -2.93. The summed E-state index contributed by atoms with van der Waals surface area (Å²) in [6, 6.07) is -0.109. The number of nitrogen functional groups attached to an aromatic ring is 1. The zero-order valence-corrected chi connectivity index (χ0v) is 11.2. The topological polar surface area (TPSA) is 107 Å². The summed E-state index contributed by atoms with van der Waals surface area (Å²) in [5.41, 5.74) is 7.59. The fourth-order valence-electron chi connectivity index (χ4n) is 2.84. The number of nitrogens with two attached hydrogens (primary N) is 1. The number of hydrogen-bond acceptors (Lipinski definition) is 5. The number of H-pyrrole nitrogens is 1. The van der Waals surface area contributed by atoms with Crippen LogP contribution in [0.4, 0.5) is 5.82 Å². The van der Waals surface area contributed by atoms with Crippen LogP contribution in [0.2, 0.25) is 0 Å². The average Bonchev–Trinajstić information content (AvgIpc) is 2.88. The van der Waals surface area contributed by atoms with E-state index in [0.29, 0.717) is 23.8 Å². The second-order valence-corrected chi connectivity index (χ2v) is 7.73. The van der Waals surface area contributed by atoms with Gasteiger partial charge in [0.25, 0.3) is 0 Å². The lowest BCUT2D eigenvalue weighted by Gasteiger charge is -2.07. The predicted molar refractivity (Wildman–Crippen MR) is 70.6 cm³/mol. The third kappa shape index (κ3) is 1.66. The van der Waals surface area contributed by atoms with Crippen LogP contribution in [0.3, 0.4) is 0 Å². The molecule has 2 aromatic rings. The molecule has 0 radical (unpaired) electrons. The lowest BCUT2D eigenvalue weighted by Crippen LogP contribution is -2.13. The van der Waals surface area contributed by atoms with Gasteiger partial charge in [0.2, 0.25) is 0 Å². The van der Waals surface area contributed by atoms with E-state index < -0.39 is 9.84 Å². The first-order valence-corrected chi connectivity index (χ1v) is 8.30. The van der Waals surface area contributed by atoms with Gasteiger partial charge in [-0.05, 0) is 19.3 Å². The van der Waals surface area contributed by atoms with Crippen molar-refractivity contribution in [3.8, 4) is 0 Å². The first-order chi connectivity index (χ1) is 9.05. The lowest BCUT2D eigenvalue weighted by molar-refractivity contribution is 0.505. The number of nitrogens with zero attached hydrogens (tertiary/aromatic N) is 3. The van der Waals surface area contributed by atoms with Gasteiger partial charge in [-0.3, -0.25) is 5.10 Å². The van der Waals surface area contributed by atoms with Gasteiger partial charge in [0, 0.05) is 5.92 Å². The van der Waals surface area contributed by atoms with E-state index in [9.17, 15) is 8.42 Å². The first kappa shape index (κ1) is 11.3. The number of sulfone groups is 1. The van der Waals surface area contributed by atoms with Crippen molar-refractivity contribution >= 4 is 26.7 Å². The van der Waals surface area contributed by atoms with Crippen LogP contribution in [0.25, 0.3) is 11.0 Å². The van der Waals surface area contributed by atoms with Crippen LogP contribution in [-0.2, 0) is 9.84 Å². The zero-order chi connectivity index (χ0) is 13.2. The van der Waals surface area contributed by atoms with Gasteiger partial charge in [0.15, 0.2) is 15.5 Å². The predicted octanol–water partition coefficient (Wildman–Crippen LogP) is 0.579. The summed E-state index contributed by atoms with van der Waals surface area (Å²) in [5, 5.41) is 12.5. The van der Waals surface area contributed by atoms with E-state index in [0.717, 1.165) is 23.9 Å². The number of rotatable bonds is 2. The molecule has 3 N–H and O–H groups in total. The van der Waals surface area contributed by atoms with Crippen molar-refractivity contribution in [1.82, 2.24) is 20.0 Å². The third-order valence-corrected chi connectivity index (χ3v) is 5.73. The van der Waals surface area contributed by atoms with E-state index in [-0.39, 0.29) is 17.5 Å². The van der Waals surface area contributed by atoms with Crippen LogP contribution < -0.4 is 5.73 Å². The molecule has 102 valence electrons. The Labute approximate surface area is 110 Å². The summed E-state index contributed by atoms with van der Waals surface area (Å²) < 4.78 is 25.0. The van der Waals surface area contributed by atoms with E-state index in [1.54, 1.807) is 4.68 Å². The molecule has 1 saturated carbocycles. The summed E-state index contributed by atoms with van der Waals surface area (Å²) in [5.74, 6) is 1.38. The standard InChI is InChI=1S/C11H15N5O2S/c12-10-8-9(6-1-2-6)15-16(11(8)14-13-10)7-3-4-19(17,18)5-7/h6-7H,1-5H2,(H3,12,13,14). The third-order valence-electron chi connectivity index (χ3n) is 3.98. The number of fused-ring (bicyclic) bond motifs is 1. The zero-order valence-electron chi connectivity index (χ0n) is 10.3. The second kappa shape index (κ2) is 3.50. The van der Waals surface area contributed by atoms with Gasteiger partial charge >= 0.3 is 0 Å². The van der Waals surface area contributed by atoms with E-state index in [1.807, 2.05) is 0 Å². The molecule has 7 nitrogen and oxygen atoms in total. The molecule has 1 aliphatic carbocycles. The number of hydrogen-bond donors (Lipinski definition) is 2. The summed E-state index contributed by atoms with van der Waals surface area (Å²) in [7, 11) is -2.93. The number of aromatic amines is 1. The second-order valence-electron chi connectivity index (χ2n) is 5.50. The van der Waals surface area contributed by atoms with Crippen LogP contribution in [0.1, 0.15) is 36.9 Å². The van der Waals surface area contributed by atoms with Gasteiger partial charge < -0.3 is 5.73 Å². The quantitative estimate of drug-likeness (QED) is 0.837. The fourth-order valence-corrected chi connectivity index (χ4v) is 4.53. The van der Waals surface area contributed by atoms with Crippen molar-refractivity contribution in [2.24, 2.45) is 0 Å². The monoisotopic (exact) mass is 281 g/mol. The van der Waals surface area contributed by atoms with Crippen LogP contribution >= 0.6 is 0 Å². The highest BCUT2D eigenvalue weighted by atomic mass is 32.2. The summed E-state index contributed by atoms with van der Waals surface area (Å²) >= 11 is 0. The molecule has 8 heteroatoms. The molecular weight excluding hydrogens is 266 g/mol. The Kier molecular flexibility index (Phi) is 2.08. The molecule has 0 spiro atoms. The largest absolute Gasteiger partial charge is 0.383 e. The maximum absolute atomic E-state index is 11.6. The minimum Gasteiger partial charge on any atom is -0.383 e. The molecule has 2 fully saturated rings. The molecule has 1 saturated heterocycles. The van der Waals surface area contributed by atoms with Crippen molar-refractivity contribution in [2.75, 3.05) is 17.2 Å². The Morgan fingerprint density at radius 3 is 2.74 bits per heavy atom. The fraction of sp³-hybridized carbons (Fsp3) is 0.636. The number of anilines is 1. The van der Waals surface area contributed by atoms with Crippen molar-refractivity contribution in [3.63, 3.8) is 0 Å². The molecule has 2 aromatic heterocycles. The van der Waals surface area contributed by atoms with Crippen molar-refractivity contribution in [3.05, 3.63) is 5.69 Å². The van der Waals surface area contributed by atoms with Crippen LogP contribution in [-0.4, -0.2) is 39.9 Å². The summed E-state index contributed by atoms with van der Waals surface area (Å²) in [6.07, 6.45) is 2.86. The highest BCUT2D eigenvalue weighted by molar-refractivity contribution is 7.91. The highest BCUT2D eigenvalue weighted by Crippen LogP contribution is 2.44. The molecule has 3 heterocycles. The average molecular weight is 281 g/mol. The summed E-state index contributed by atoms with van der Waals surface area (Å²) in [4.78, 5) is 0. The number of aromatic nitrogens is 4. The highest BCUT2D eigenvalue weighted by Gasteiger charge is 2.35. The Bertz CT molecular complexity index is 755. The Morgan fingerprint density at radius 1 is 1.32 bits per heavy atom. The molecule has 2 aliphatic rings. The molecule has 1 atom stereocenters. The van der Waals surface area contributed by atoms with E-state index >= 15 is 0 Å². The lowest BCUT2D eigenvalue weighted by atomic mass is 10.2. The van der Waals surface area contributed by atoms with Gasteiger partial charge in [-0.15, -0.1) is 0 Å².